The van der Waals surface area contributed by atoms with Crippen molar-refractivity contribution in [3.05, 3.63) is 0 Å². The van der Waals surface area contributed by atoms with Crippen molar-refractivity contribution >= 4 is 24.0 Å². The van der Waals surface area contributed by atoms with E-state index in [0.29, 0.717) is 26.3 Å². The van der Waals surface area contributed by atoms with E-state index in [1.807, 2.05) is 13.8 Å². The summed E-state index contributed by atoms with van der Waals surface area (Å²) in [6, 6.07) is -0.789. The molecular weight excluding hydrogens is 392 g/mol. The van der Waals surface area contributed by atoms with Crippen LogP contribution in [0.25, 0.3) is 0 Å². The van der Waals surface area contributed by atoms with Crippen LogP contribution in [-0.4, -0.2) is 63.4 Å². The quantitative estimate of drug-likeness (QED) is 0.205. The van der Waals surface area contributed by atoms with Crippen LogP contribution in [0, 0.1) is 0 Å². The van der Waals surface area contributed by atoms with Gasteiger partial charge in [0, 0.05) is 13.1 Å². The lowest BCUT2D eigenvalue weighted by molar-refractivity contribution is -0.143. The molecular formula is C20H38N4O6. The van der Waals surface area contributed by atoms with Crippen molar-refractivity contribution in [3.63, 3.8) is 0 Å². The van der Waals surface area contributed by atoms with Gasteiger partial charge in [0.15, 0.2) is 0 Å². The number of rotatable bonds is 17. The van der Waals surface area contributed by atoms with Gasteiger partial charge in [-0.05, 0) is 25.7 Å². The summed E-state index contributed by atoms with van der Waals surface area (Å²) in [6.45, 7) is 5.49. The molecule has 4 N–H and O–H groups in total. The fourth-order valence-corrected chi connectivity index (χ4v) is 2.20. The topological polar surface area (TPSA) is 135 Å². The number of urea groups is 2. The van der Waals surface area contributed by atoms with Gasteiger partial charge in [-0.1, -0.05) is 39.5 Å². The van der Waals surface area contributed by atoms with Crippen molar-refractivity contribution in [2.45, 2.75) is 65.2 Å². The average Bonchev–Trinajstić information content (AvgIpc) is 2.73. The molecule has 0 spiro atoms. The molecule has 0 heterocycles. The first-order valence-corrected chi connectivity index (χ1v) is 10.8. The van der Waals surface area contributed by atoms with Crippen LogP contribution in [0.4, 0.5) is 9.59 Å². The van der Waals surface area contributed by atoms with E-state index < -0.39 is 24.0 Å². The van der Waals surface area contributed by atoms with Gasteiger partial charge in [-0.3, -0.25) is 9.59 Å². The van der Waals surface area contributed by atoms with Gasteiger partial charge in [0.2, 0.25) is 0 Å². The van der Waals surface area contributed by atoms with Crippen molar-refractivity contribution in [2.24, 2.45) is 0 Å². The number of esters is 2. The van der Waals surface area contributed by atoms with E-state index in [1.54, 1.807) is 0 Å². The number of carbonyl (C=O) groups is 4. The Balaban J connectivity index is 3.46. The summed E-state index contributed by atoms with van der Waals surface area (Å²) in [6.07, 6.45) is 6.89. The SMILES string of the molecule is CCCCOC(=O)CNC(=O)NCCCCCCNC(=O)NCC(=O)OCCCC. The molecule has 0 fully saturated rings. The van der Waals surface area contributed by atoms with Crippen molar-refractivity contribution < 1.29 is 28.7 Å². The molecule has 0 aromatic carbocycles. The number of amides is 4. The molecule has 0 aromatic rings. The number of carbonyl (C=O) groups excluding carboxylic acids is 4. The molecule has 0 atom stereocenters. The van der Waals surface area contributed by atoms with Crippen LogP contribution in [-0.2, 0) is 19.1 Å². The number of hydrogen-bond donors (Lipinski definition) is 4. The van der Waals surface area contributed by atoms with Crippen LogP contribution >= 0.6 is 0 Å². The zero-order valence-corrected chi connectivity index (χ0v) is 18.3. The lowest BCUT2D eigenvalue weighted by Gasteiger charge is -2.09. The molecule has 4 amide bonds. The Morgan fingerprint density at radius 2 is 0.967 bits per heavy atom. The molecule has 10 nitrogen and oxygen atoms in total. The maximum atomic E-state index is 11.6. The Morgan fingerprint density at radius 1 is 0.567 bits per heavy atom. The van der Waals surface area contributed by atoms with Gasteiger partial charge in [-0.2, -0.15) is 0 Å². The van der Waals surface area contributed by atoms with Crippen molar-refractivity contribution in [1.82, 2.24) is 21.3 Å². The molecule has 0 saturated heterocycles. The normalized spacial score (nSPS) is 10.1. The Kier molecular flexibility index (Phi) is 18.1. The molecule has 0 unspecified atom stereocenters. The predicted molar refractivity (Wildman–Crippen MR) is 113 cm³/mol. The molecule has 0 aliphatic rings. The maximum Gasteiger partial charge on any atom is 0.325 e. The van der Waals surface area contributed by atoms with Gasteiger partial charge in [-0.25, -0.2) is 9.59 Å². The zero-order valence-electron chi connectivity index (χ0n) is 18.3. The molecule has 174 valence electrons. The molecule has 10 heteroatoms. The van der Waals surface area contributed by atoms with E-state index in [9.17, 15) is 19.2 Å². The third-order valence-corrected chi connectivity index (χ3v) is 3.98. The summed E-state index contributed by atoms with van der Waals surface area (Å²) in [7, 11) is 0. The Bertz CT molecular complexity index is 458. The molecule has 30 heavy (non-hydrogen) atoms. The monoisotopic (exact) mass is 430 g/mol. The number of ether oxygens (including phenoxy) is 2. The second kappa shape index (κ2) is 19.8. The minimum atomic E-state index is -0.441. The van der Waals surface area contributed by atoms with Crippen LogP contribution in [0.1, 0.15) is 65.2 Å². The zero-order chi connectivity index (χ0) is 22.5. The summed E-state index contributed by atoms with van der Waals surface area (Å²) in [4.78, 5) is 45.8. The lowest BCUT2D eigenvalue weighted by atomic mass is 10.2. The Labute approximate surface area is 179 Å². The number of unbranched alkanes of at least 4 members (excludes halogenated alkanes) is 5. The Morgan fingerprint density at radius 3 is 1.33 bits per heavy atom. The molecule has 0 radical (unpaired) electrons. The fourth-order valence-electron chi connectivity index (χ4n) is 2.20. The molecule has 0 bridgehead atoms. The minimum absolute atomic E-state index is 0.139. The highest BCUT2D eigenvalue weighted by Crippen LogP contribution is 1.97. The maximum absolute atomic E-state index is 11.6. The van der Waals surface area contributed by atoms with Crippen LogP contribution in [0.5, 0.6) is 0 Å². The van der Waals surface area contributed by atoms with Gasteiger partial charge < -0.3 is 30.7 Å². The summed E-state index contributed by atoms with van der Waals surface area (Å²) < 4.78 is 9.88. The predicted octanol–water partition coefficient (Wildman–Crippen LogP) is 1.83. The highest BCUT2D eigenvalue weighted by Gasteiger charge is 2.06. The second-order valence-electron chi connectivity index (χ2n) is 6.78. The van der Waals surface area contributed by atoms with Crippen molar-refractivity contribution in [2.75, 3.05) is 39.4 Å². The lowest BCUT2D eigenvalue weighted by Crippen LogP contribution is -2.39. The molecule has 0 saturated carbocycles. The first-order valence-electron chi connectivity index (χ1n) is 10.8. The standard InChI is InChI=1S/C20H38N4O6/c1-3-5-13-29-17(25)15-23-19(27)21-11-9-7-8-10-12-22-20(28)24-16-18(26)30-14-6-4-2/h3-16H2,1-2H3,(H2,21,23,27)(H2,22,24,28). The third-order valence-electron chi connectivity index (χ3n) is 3.98. The summed E-state index contributed by atoms with van der Waals surface area (Å²) in [5.74, 6) is -0.882. The van der Waals surface area contributed by atoms with E-state index in [-0.39, 0.29) is 13.1 Å². The van der Waals surface area contributed by atoms with Crippen molar-refractivity contribution in [3.8, 4) is 0 Å². The van der Waals surface area contributed by atoms with Gasteiger partial charge >= 0.3 is 24.0 Å². The van der Waals surface area contributed by atoms with Crippen LogP contribution in [0.3, 0.4) is 0 Å². The largest absolute Gasteiger partial charge is 0.464 e. The number of hydrogen-bond acceptors (Lipinski definition) is 6. The van der Waals surface area contributed by atoms with E-state index >= 15 is 0 Å². The smallest absolute Gasteiger partial charge is 0.325 e. The Hall–Kier alpha value is -2.52. The van der Waals surface area contributed by atoms with Gasteiger partial charge in [-0.15, -0.1) is 0 Å². The molecule has 0 aliphatic heterocycles. The first-order chi connectivity index (χ1) is 14.5. The highest BCUT2D eigenvalue weighted by atomic mass is 16.5. The minimum Gasteiger partial charge on any atom is -0.464 e. The van der Waals surface area contributed by atoms with Crippen molar-refractivity contribution in [1.29, 1.82) is 0 Å². The summed E-state index contributed by atoms with van der Waals surface area (Å²) in [5, 5.41) is 10.3. The van der Waals surface area contributed by atoms with Crippen LogP contribution in [0.2, 0.25) is 0 Å². The van der Waals surface area contributed by atoms with Crippen LogP contribution in [0.15, 0.2) is 0 Å². The van der Waals surface area contributed by atoms with E-state index in [1.165, 1.54) is 0 Å². The van der Waals surface area contributed by atoms with E-state index in [4.69, 9.17) is 9.47 Å². The molecule has 0 aromatic heterocycles. The van der Waals surface area contributed by atoms with E-state index in [0.717, 1.165) is 51.4 Å². The molecule has 0 aliphatic carbocycles. The third kappa shape index (κ3) is 18.8. The van der Waals surface area contributed by atoms with E-state index in [2.05, 4.69) is 21.3 Å². The highest BCUT2D eigenvalue weighted by molar-refractivity contribution is 5.81. The summed E-state index contributed by atoms with van der Waals surface area (Å²) >= 11 is 0. The van der Waals surface area contributed by atoms with Gasteiger partial charge in [0.25, 0.3) is 0 Å². The van der Waals surface area contributed by atoms with Crippen LogP contribution < -0.4 is 21.3 Å². The second-order valence-corrected chi connectivity index (χ2v) is 6.78. The molecule has 0 rings (SSSR count). The van der Waals surface area contributed by atoms with Gasteiger partial charge in [0.1, 0.15) is 13.1 Å². The average molecular weight is 431 g/mol. The number of nitrogens with one attached hydrogen (secondary N) is 4. The first kappa shape index (κ1) is 27.5. The summed E-state index contributed by atoms with van der Waals surface area (Å²) in [5.41, 5.74) is 0. The van der Waals surface area contributed by atoms with Gasteiger partial charge in [0.05, 0.1) is 13.2 Å². The fraction of sp³-hybridized carbons (Fsp3) is 0.800.